The van der Waals surface area contributed by atoms with E-state index in [1.807, 2.05) is 0 Å². The monoisotopic (exact) mass is 260 g/mol. The van der Waals surface area contributed by atoms with E-state index in [9.17, 15) is 10.1 Å². The van der Waals surface area contributed by atoms with Crippen molar-refractivity contribution in [1.82, 2.24) is 4.98 Å². The smallest absolute Gasteiger partial charge is 0.258 e. The lowest BCUT2D eigenvalue weighted by molar-refractivity contribution is -0.385. The van der Waals surface area contributed by atoms with Crippen LogP contribution in [0.4, 0.5) is 5.69 Å². The highest BCUT2D eigenvalue weighted by atomic mass is 35.5. The lowest BCUT2D eigenvalue weighted by Gasteiger charge is -2.01. The van der Waals surface area contributed by atoms with E-state index in [-0.39, 0.29) is 10.8 Å². The minimum absolute atomic E-state index is 0.0325. The molecule has 0 atom stereocenters. The maximum absolute atomic E-state index is 10.7. The molecule has 4 nitrogen and oxygen atoms in total. The highest BCUT2D eigenvalue weighted by Gasteiger charge is 2.14. The summed E-state index contributed by atoms with van der Waals surface area (Å²) < 4.78 is 0. The molecule has 0 aliphatic carbocycles. The number of nitrogens with zero attached hydrogens (tertiary/aromatic N) is 2. The van der Waals surface area contributed by atoms with E-state index in [0.717, 1.165) is 0 Å². The van der Waals surface area contributed by atoms with Gasteiger partial charge in [0.1, 0.15) is 10.8 Å². The van der Waals surface area contributed by atoms with Crippen molar-refractivity contribution in [2.24, 2.45) is 0 Å². The van der Waals surface area contributed by atoms with Crippen molar-refractivity contribution in [3.05, 3.63) is 38.7 Å². The second-order valence-electron chi connectivity index (χ2n) is 3.11. The van der Waals surface area contributed by atoms with Crippen LogP contribution in [0, 0.1) is 17.0 Å². The molecule has 0 aliphatic rings. The first-order valence-corrected chi connectivity index (χ1v) is 5.51. The Morgan fingerprint density at radius 2 is 2.31 bits per heavy atom. The summed E-state index contributed by atoms with van der Waals surface area (Å²) in [4.78, 5) is 14.1. The Kier molecular flexibility index (Phi) is 4.71. The summed E-state index contributed by atoms with van der Waals surface area (Å²) >= 11 is 11.4. The molecular weight excluding hydrogens is 251 g/mol. The van der Waals surface area contributed by atoms with E-state index in [1.165, 1.54) is 6.07 Å². The predicted molar refractivity (Wildman–Crippen MR) is 65.0 cm³/mol. The summed E-state index contributed by atoms with van der Waals surface area (Å²) in [5.41, 5.74) is 0.809. The van der Waals surface area contributed by atoms with E-state index >= 15 is 0 Å². The molecule has 0 saturated heterocycles. The summed E-state index contributed by atoms with van der Waals surface area (Å²) in [5.74, 6) is 0.496. The number of alkyl halides is 1. The average molecular weight is 261 g/mol. The van der Waals surface area contributed by atoms with Gasteiger partial charge in [0.05, 0.1) is 4.92 Å². The van der Waals surface area contributed by atoms with E-state index in [0.29, 0.717) is 23.6 Å². The molecule has 0 spiro atoms. The van der Waals surface area contributed by atoms with Gasteiger partial charge in [-0.15, -0.1) is 11.6 Å². The molecule has 0 bridgehead atoms. The molecule has 1 heterocycles. The molecule has 0 unspecified atom stereocenters. The quantitative estimate of drug-likeness (QED) is 0.360. The zero-order valence-electron chi connectivity index (χ0n) is 8.61. The molecule has 0 fully saturated rings. The lowest BCUT2D eigenvalue weighted by atomic mass is 10.2. The Morgan fingerprint density at radius 3 is 2.88 bits per heavy atom. The number of hydrogen-bond donors (Lipinski definition) is 0. The van der Waals surface area contributed by atoms with Crippen molar-refractivity contribution < 1.29 is 4.92 Å². The predicted octanol–water partition coefficient (Wildman–Crippen LogP) is 3.59. The maximum Gasteiger partial charge on any atom is 0.291 e. The fourth-order valence-electron chi connectivity index (χ4n) is 1.16. The van der Waals surface area contributed by atoms with E-state index in [1.54, 1.807) is 19.1 Å². The Labute approximate surface area is 103 Å². The number of nitro groups is 1. The molecule has 86 valence electrons. The lowest BCUT2D eigenvalue weighted by Crippen LogP contribution is -1.96. The first-order chi connectivity index (χ1) is 7.56. The fraction of sp³-hybridized carbons (Fsp3) is 0.300. The van der Waals surface area contributed by atoms with Crippen LogP contribution in [0.15, 0.2) is 12.1 Å². The van der Waals surface area contributed by atoms with Crippen molar-refractivity contribution in [3.63, 3.8) is 0 Å². The molecular formula is C10H10Cl2N2O2. The third-order valence-corrected chi connectivity index (χ3v) is 2.46. The molecule has 0 N–H and O–H groups in total. The van der Waals surface area contributed by atoms with Crippen LogP contribution in [0.25, 0.3) is 6.08 Å². The van der Waals surface area contributed by atoms with Crippen LogP contribution < -0.4 is 0 Å². The number of rotatable bonds is 4. The zero-order chi connectivity index (χ0) is 12.1. The van der Waals surface area contributed by atoms with Crippen LogP contribution in [-0.2, 0) is 0 Å². The van der Waals surface area contributed by atoms with Crippen molar-refractivity contribution >= 4 is 35.0 Å². The normalized spacial score (nSPS) is 10.9. The highest BCUT2D eigenvalue weighted by Crippen LogP contribution is 2.24. The first-order valence-electron chi connectivity index (χ1n) is 4.60. The molecule has 0 aliphatic heterocycles. The fourth-order valence-corrected chi connectivity index (χ4v) is 1.53. The van der Waals surface area contributed by atoms with Gasteiger partial charge in [0.2, 0.25) is 0 Å². The van der Waals surface area contributed by atoms with Crippen molar-refractivity contribution in [1.29, 1.82) is 0 Å². The SMILES string of the molecule is Cc1nc(Cl)c(C=CCCCl)cc1[N+](=O)[O-]. The molecule has 0 aromatic carbocycles. The number of pyridine rings is 1. The minimum Gasteiger partial charge on any atom is -0.258 e. The van der Waals surface area contributed by atoms with Crippen LogP contribution >= 0.6 is 23.2 Å². The van der Waals surface area contributed by atoms with Gasteiger partial charge < -0.3 is 0 Å². The van der Waals surface area contributed by atoms with Gasteiger partial charge in [-0.25, -0.2) is 4.98 Å². The molecule has 0 radical (unpaired) electrons. The van der Waals surface area contributed by atoms with Crippen molar-refractivity contribution in [3.8, 4) is 0 Å². The van der Waals surface area contributed by atoms with Gasteiger partial charge in [0.25, 0.3) is 5.69 Å². The van der Waals surface area contributed by atoms with Gasteiger partial charge in [0, 0.05) is 17.5 Å². The summed E-state index contributed by atoms with van der Waals surface area (Å²) in [6.45, 7) is 1.55. The second kappa shape index (κ2) is 5.82. The largest absolute Gasteiger partial charge is 0.291 e. The number of halogens is 2. The van der Waals surface area contributed by atoms with Gasteiger partial charge in [0.15, 0.2) is 0 Å². The Morgan fingerprint density at radius 1 is 1.62 bits per heavy atom. The van der Waals surface area contributed by atoms with Crippen molar-refractivity contribution in [2.45, 2.75) is 13.3 Å². The van der Waals surface area contributed by atoms with Crippen LogP contribution in [0.2, 0.25) is 5.15 Å². The summed E-state index contributed by atoms with van der Waals surface area (Å²) in [7, 11) is 0. The van der Waals surface area contributed by atoms with Gasteiger partial charge in [-0.05, 0) is 13.3 Å². The number of aryl methyl sites for hydroxylation is 1. The molecule has 16 heavy (non-hydrogen) atoms. The highest BCUT2D eigenvalue weighted by molar-refractivity contribution is 6.30. The first kappa shape index (κ1) is 12.9. The summed E-state index contributed by atoms with van der Waals surface area (Å²) in [6.07, 6.45) is 4.17. The Hall–Kier alpha value is -1.13. The Balaban J connectivity index is 3.09. The zero-order valence-corrected chi connectivity index (χ0v) is 10.1. The topological polar surface area (TPSA) is 56.0 Å². The maximum atomic E-state index is 10.7. The number of aromatic nitrogens is 1. The summed E-state index contributed by atoms with van der Waals surface area (Å²) in [5, 5.41) is 11.0. The molecule has 1 rings (SSSR count). The Bertz CT molecular complexity index is 433. The van der Waals surface area contributed by atoms with Gasteiger partial charge in [-0.3, -0.25) is 10.1 Å². The molecule has 1 aromatic heterocycles. The van der Waals surface area contributed by atoms with Crippen LogP contribution in [0.3, 0.4) is 0 Å². The van der Waals surface area contributed by atoms with Crippen LogP contribution in [0.1, 0.15) is 17.7 Å². The van der Waals surface area contributed by atoms with Gasteiger partial charge in [-0.2, -0.15) is 0 Å². The van der Waals surface area contributed by atoms with Gasteiger partial charge >= 0.3 is 0 Å². The van der Waals surface area contributed by atoms with E-state index < -0.39 is 4.92 Å². The van der Waals surface area contributed by atoms with Gasteiger partial charge in [-0.1, -0.05) is 23.8 Å². The summed E-state index contributed by atoms with van der Waals surface area (Å²) in [6, 6.07) is 1.41. The third kappa shape index (κ3) is 3.18. The molecule has 1 aromatic rings. The standard InChI is InChI=1S/C10H10Cl2N2O2/c1-7-9(14(15)16)6-8(10(12)13-7)4-2-3-5-11/h2,4,6H,3,5H2,1H3. The second-order valence-corrected chi connectivity index (χ2v) is 3.85. The minimum atomic E-state index is -0.475. The third-order valence-electron chi connectivity index (χ3n) is 1.94. The average Bonchev–Trinajstić information content (AvgIpc) is 2.21. The van der Waals surface area contributed by atoms with Crippen molar-refractivity contribution in [2.75, 3.05) is 5.88 Å². The van der Waals surface area contributed by atoms with E-state index in [2.05, 4.69) is 4.98 Å². The number of hydrogen-bond acceptors (Lipinski definition) is 3. The number of allylic oxidation sites excluding steroid dienone is 1. The van der Waals surface area contributed by atoms with Crippen LogP contribution in [0.5, 0.6) is 0 Å². The van der Waals surface area contributed by atoms with E-state index in [4.69, 9.17) is 23.2 Å². The molecule has 6 heteroatoms. The molecule has 0 saturated carbocycles. The molecule has 0 amide bonds. The van der Waals surface area contributed by atoms with Crippen LogP contribution in [-0.4, -0.2) is 15.8 Å².